The van der Waals surface area contributed by atoms with E-state index in [9.17, 15) is 33.9 Å². The topological polar surface area (TPSA) is 191 Å². The number of likely N-dealkylation sites (tertiary alicyclic amines) is 2. The molecule has 3 fully saturated rings. The van der Waals surface area contributed by atoms with E-state index in [1.54, 1.807) is 20.8 Å². The van der Waals surface area contributed by atoms with Gasteiger partial charge in [0.2, 0.25) is 29.5 Å². The number of benzene rings is 2. The van der Waals surface area contributed by atoms with E-state index < -0.39 is 71.9 Å². The predicted molar refractivity (Wildman–Crippen MR) is 258 cm³/mol. The molecule has 5 amide bonds. The van der Waals surface area contributed by atoms with Gasteiger partial charge in [-0.05, 0) is 98.7 Å². The second kappa shape index (κ2) is 24.9. The van der Waals surface area contributed by atoms with Crippen LogP contribution >= 0.6 is 0 Å². The summed E-state index contributed by atoms with van der Waals surface area (Å²) in [5.74, 6) is -2.03. The smallest absolute Gasteiger partial charge is 0.246 e. The number of nitrogens with one attached hydrogen (secondary N) is 3. The van der Waals surface area contributed by atoms with Crippen LogP contribution in [0.5, 0.6) is 0 Å². The Morgan fingerprint density at radius 3 is 2.00 bits per heavy atom. The van der Waals surface area contributed by atoms with E-state index in [4.69, 9.17) is 5.73 Å². The van der Waals surface area contributed by atoms with E-state index in [0.717, 1.165) is 29.9 Å². The SMILES string of the molecule is CCC(C)(CCc1ccc(C[C@H](N)C(=O)N[C@H](C(=O)N[C@@H](C)C(=O)N2CCC[C@H]2C(=O)N[C@@H](Cc2ccccc2)C(=O)N2CCCC2(C=O)CO)C(C)C)cc1)C1CCCCCCCCC1. The summed E-state index contributed by atoms with van der Waals surface area (Å²) in [6, 6.07) is 12.7. The summed E-state index contributed by atoms with van der Waals surface area (Å²) >= 11 is 0. The van der Waals surface area contributed by atoms with E-state index in [1.807, 2.05) is 42.5 Å². The van der Waals surface area contributed by atoms with Crippen molar-refractivity contribution < 1.29 is 33.9 Å². The van der Waals surface area contributed by atoms with Crippen molar-refractivity contribution in [3.8, 4) is 0 Å². The number of carbonyl (C=O) groups excluding carboxylic acids is 6. The summed E-state index contributed by atoms with van der Waals surface area (Å²) in [6.45, 7) is 10.0. The molecule has 6 N–H and O–H groups in total. The van der Waals surface area contributed by atoms with Gasteiger partial charge in [0, 0.05) is 19.5 Å². The molecule has 66 heavy (non-hydrogen) atoms. The number of nitrogens with two attached hydrogens (primary N) is 1. The molecule has 0 radical (unpaired) electrons. The van der Waals surface area contributed by atoms with Gasteiger partial charge in [0.1, 0.15) is 36.0 Å². The van der Waals surface area contributed by atoms with Gasteiger partial charge >= 0.3 is 0 Å². The first-order chi connectivity index (χ1) is 31.6. The molecular weight excluding hydrogens is 833 g/mol. The minimum absolute atomic E-state index is 0.145. The summed E-state index contributed by atoms with van der Waals surface area (Å²) in [6.07, 6.45) is 18.3. The molecule has 13 nitrogen and oxygen atoms in total. The Hall–Kier alpha value is -4.62. The predicted octanol–water partition coefficient (Wildman–Crippen LogP) is 5.96. The van der Waals surface area contributed by atoms with Crippen LogP contribution in [0, 0.1) is 17.3 Å². The lowest BCUT2D eigenvalue weighted by Crippen LogP contribution is -2.60. The van der Waals surface area contributed by atoms with Crippen LogP contribution < -0.4 is 21.7 Å². The maximum absolute atomic E-state index is 14.0. The van der Waals surface area contributed by atoms with Crippen molar-refractivity contribution in [3.63, 3.8) is 0 Å². The molecule has 364 valence electrons. The zero-order valence-electron chi connectivity index (χ0n) is 40.5. The summed E-state index contributed by atoms with van der Waals surface area (Å²) in [5, 5.41) is 18.6. The molecule has 0 bridgehead atoms. The Morgan fingerprint density at radius 1 is 0.773 bits per heavy atom. The molecule has 2 heterocycles. The molecule has 3 aliphatic rings. The number of aliphatic hydroxyl groups is 1. The first-order valence-electron chi connectivity index (χ1n) is 25.1. The number of nitrogens with zero attached hydrogens (tertiary/aromatic N) is 2. The maximum atomic E-state index is 14.0. The molecule has 2 aromatic carbocycles. The van der Waals surface area contributed by atoms with Crippen LogP contribution in [0.1, 0.15) is 148 Å². The van der Waals surface area contributed by atoms with Gasteiger partial charge in [0.05, 0.1) is 12.6 Å². The highest BCUT2D eigenvalue weighted by molar-refractivity contribution is 5.96. The van der Waals surface area contributed by atoms with Crippen molar-refractivity contribution in [2.75, 3.05) is 19.7 Å². The third kappa shape index (κ3) is 13.7. The monoisotopic (exact) mass is 913 g/mol. The summed E-state index contributed by atoms with van der Waals surface area (Å²) in [7, 11) is 0. The maximum Gasteiger partial charge on any atom is 0.246 e. The number of aldehydes is 1. The summed E-state index contributed by atoms with van der Waals surface area (Å²) < 4.78 is 0. The normalized spacial score (nSPS) is 22.4. The van der Waals surface area contributed by atoms with Crippen LogP contribution in [0.15, 0.2) is 54.6 Å². The van der Waals surface area contributed by atoms with Gasteiger partial charge in [-0.1, -0.05) is 134 Å². The van der Waals surface area contributed by atoms with Gasteiger partial charge in [0.15, 0.2) is 0 Å². The minimum atomic E-state index is -1.35. The van der Waals surface area contributed by atoms with Crippen molar-refractivity contribution in [1.29, 1.82) is 0 Å². The quantitative estimate of drug-likeness (QED) is 0.101. The molecular formula is C53H80N6O7. The van der Waals surface area contributed by atoms with Crippen LogP contribution in [0.2, 0.25) is 0 Å². The minimum Gasteiger partial charge on any atom is -0.393 e. The Kier molecular flexibility index (Phi) is 19.8. The number of rotatable bonds is 20. The van der Waals surface area contributed by atoms with Crippen molar-refractivity contribution in [1.82, 2.24) is 25.8 Å². The average molecular weight is 913 g/mol. The lowest BCUT2D eigenvalue weighted by Gasteiger charge is -2.38. The molecule has 2 unspecified atom stereocenters. The molecule has 1 saturated carbocycles. The van der Waals surface area contributed by atoms with Crippen molar-refractivity contribution in [2.45, 2.75) is 186 Å². The van der Waals surface area contributed by atoms with Gasteiger partial charge in [-0.3, -0.25) is 24.0 Å². The zero-order chi connectivity index (χ0) is 47.9. The fourth-order valence-corrected chi connectivity index (χ4v) is 10.6. The highest BCUT2D eigenvalue weighted by Gasteiger charge is 2.46. The number of aryl methyl sites for hydroxylation is 1. The second-order valence-corrected chi connectivity index (χ2v) is 20.3. The Morgan fingerprint density at radius 2 is 1.39 bits per heavy atom. The van der Waals surface area contributed by atoms with Gasteiger partial charge in [-0.15, -0.1) is 0 Å². The van der Waals surface area contributed by atoms with E-state index in [0.29, 0.717) is 43.8 Å². The van der Waals surface area contributed by atoms with Crippen LogP contribution in [0.3, 0.4) is 0 Å². The van der Waals surface area contributed by atoms with Gasteiger partial charge in [0.25, 0.3) is 0 Å². The van der Waals surface area contributed by atoms with E-state index in [2.05, 4.69) is 41.9 Å². The molecule has 2 saturated heterocycles. The third-order valence-electron chi connectivity index (χ3n) is 15.2. The lowest BCUT2D eigenvalue weighted by atomic mass is 9.67. The number of carbonyl (C=O) groups is 6. The highest BCUT2D eigenvalue weighted by Crippen LogP contribution is 2.42. The number of aliphatic hydroxyl groups excluding tert-OH is 1. The van der Waals surface area contributed by atoms with Crippen molar-refractivity contribution >= 4 is 35.8 Å². The first kappa shape index (κ1) is 52.4. The van der Waals surface area contributed by atoms with Gasteiger partial charge < -0.3 is 41.4 Å². The van der Waals surface area contributed by atoms with Crippen molar-refractivity contribution in [3.05, 3.63) is 71.3 Å². The largest absolute Gasteiger partial charge is 0.393 e. The first-order valence-corrected chi connectivity index (χ1v) is 25.1. The molecule has 2 aliphatic heterocycles. The van der Waals surface area contributed by atoms with Crippen LogP contribution in [0.4, 0.5) is 0 Å². The fraction of sp³-hybridized carbons (Fsp3) is 0.660. The molecule has 5 rings (SSSR count). The molecule has 13 heteroatoms. The highest BCUT2D eigenvalue weighted by atomic mass is 16.3. The van der Waals surface area contributed by atoms with Gasteiger partial charge in [-0.25, -0.2) is 0 Å². The lowest BCUT2D eigenvalue weighted by molar-refractivity contribution is -0.146. The Balaban J connectivity index is 1.14. The molecule has 2 aromatic rings. The molecule has 7 atom stereocenters. The molecule has 1 aliphatic carbocycles. The average Bonchev–Trinajstić information content (AvgIpc) is 4.00. The standard InChI is InChI=1S/C53H80N6O7/c1-6-52(5,42-21-15-10-8-7-9-11-16-22-42)30-28-39-24-26-41(27-25-39)33-43(54)47(62)57-46(37(2)3)49(64)55-38(4)50(65)58-31-17-23-45(58)48(63)56-44(34-40-19-13-12-14-20-40)51(66)59-32-18-29-53(59,35-60)36-61/h12-14,19-20,24-27,35,37-38,42-46,61H,6-11,15-18,21-23,28-34,36,54H2,1-5H3,(H,55,64)(H,56,63)(H,57,62)/t38-,43-,44-,45-,46-,52?,53?/m0/s1. The van der Waals surface area contributed by atoms with Crippen molar-refractivity contribution in [2.24, 2.45) is 23.0 Å². The fourth-order valence-electron chi connectivity index (χ4n) is 10.6. The van der Waals surface area contributed by atoms with Crippen LogP contribution in [0.25, 0.3) is 0 Å². The van der Waals surface area contributed by atoms with E-state index in [-0.39, 0.29) is 25.4 Å². The number of hydrogen-bond donors (Lipinski definition) is 5. The van der Waals surface area contributed by atoms with Crippen LogP contribution in [-0.2, 0) is 48.0 Å². The number of hydrogen-bond acceptors (Lipinski definition) is 8. The zero-order valence-corrected chi connectivity index (χ0v) is 40.5. The third-order valence-corrected chi connectivity index (χ3v) is 15.2. The Labute approximate surface area is 394 Å². The second-order valence-electron chi connectivity index (χ2n) is 20.3. The number of amides is 5. The van der Waals surface area contributed by atoms with Crippen LogP contribution in [-0.4, -0.2) is 106 Å². The van der Waals surface area contributed by atoms with E-state index >= 15 is 0 Å². The molecule has 0 aromatic heterocycles. The van der Waals surface area contributed by atoms with Gasteiger partial charge in [-0.2, -0.15) is 0 Å². The molecule has 0 spiro atoms. The summed E-state index contributed by atoms with van der Waals surface area (Å²) in [5.41, 5.74) is 8.41. The summed E-state index contributed by atoms with van der Waals surface area (Å²) in [4.78, 5) is 84.1. The van der Waals surface area contributed by atoms with E-state index in [1.165, 1.54) is 79.6 Å². The Bertz CT molecular complexity index is 1900.